The van der Waals surface area contributed by atoms with Gasteiger partial charge in [-0.3, -0.25) is 14.4 Å². The lowest BCUT2D eigenvalue weighted by molar-refractivity contribution is -0.274. The number of carbonyl (C=O) groups excluding carboxylic acids is 3. The maximum Gasteiger partial charge on any atom is 0.573 e. The molecule has 3 amide bonds. The molecule has 198 valence electrons. The first-order chi connectivity index (χ1) is 17.6. The summed E-state index contributed by atoms with van der Waals surface area (Å²) in [6, 6.07) is 11.5. The average Bonchev–Trinajstić information content (AvgIpc) is 2.85. The lowest BCUT2D eigenvalue weighted by Gasteiger charge is -2.36. The highest BCUT2D eigenvalue weighted by atomic mass is 35.5. The molecule has 1 heterocycles. The lowest BCUT2D eigenvalue weighted by atomic mass is 9.87. The first-order valence-corrected chi connectivity index (χ1v) is 11.8. The minimum absolute atomic E-state index is 0.144. The van der Waals surface area contributed by atoms with Gasteiger partial charge in [0, 0.05) is 29.8 Å². The second-order valence-corrected chi connectivity index (χ2v) is 8.73. The van der Waals surface area contributed by atoms with Crippen LogP contribution in [-0.4, -0.2) is 55.8 Å². The fourth-order valence-corrected chi connectivity index (χ4v) is 3.88. The third-order valence-electron chi connectivity index (χ3n) is 5.58. The van der Waals surface area contributed by atoms with Crippen LogP contribution in [0.3, 0.4) is 0 Å². The topological polar surface area (TPSA) is 109 Å². The molecule has 1 fully saturated rings. The lowest BCUT2D eigenvalue weighted by Crippen LogP contribution is -2.63. The van der Waals surface area contributed by atoms with Crippen molar-refractivity contribution >= 4 is 35.4 Å². The summed E-state index contributed by atoms with van der Waals surface area (Å²) in [4.78, 5) is 37.8. The number of nitrogens with one attached hydrogen (secondary N) is 4. The third kappa shape index (κ3) is 8.80. The molecule has 0 aromatic heterocycles. The van der Waals surface area contributed by atoms with Gasteiger partial charge in [0.25, 0.3) is 5.91 Å². The third-order valence-corrected chi connectivity index (χ3v) is 5.83. The molecule has 0 bridgehead atoms. The Balaban J connectivity index is 1.55. The van der Waals surface area contributed by atoms with Gasteiger partial charge >= 0.3 is 6.36 Å². The molecule has 8 nitrogen and oxygen atoms in total. The van der Waals surface area contributed by atoms with Crippen molar-refractivity contribution in [1.29, 1.82) is 0 Å². The summed E-state index contributed by atoms with van der Waals surface area (Å²) in [6.07, 6.45) is -1.67. The minimum atomic E-state index is -4.83. The molecule has 0 atom stereocenters. The Morgan fingerprint density at radius 3 is 2.38 bits per heavy atom. The summed E-state index contributed by atoms with van der Waals surface area (Å²) < 4.78 is 41.2. The Kier molecular flexibility index (Phi) is 9.54. The van der Waals surface area contributed by atoms with E-state index in [-0.39, 0.29) is 19.0 Å². The van der Waals surface area contributed by atoms with Gasteiger partial charge in [-0.2, -0.15) is 0 Å². The Bertz CT molecular complexity index is 1130. The van der Waals surface area contributed by atoms with Crippen LogP contribution in [0.5, 0.6) is 5.75 Å². The van der Waals surface area contributed by atoms with E-state index in [9.17, 15) is 27.6 Å². The molecule has 0 unspecified atom stereocenters. The molecule has 37 heavy (non-hydrogen) atoms. The van der Waals surface area contributed by atoms with Gasteiger partial charge < -0.3 is 26.0 Å². The van der Waals surface area contributed by atoms with Crippen LogP contribution in [0, 0.1) is 0 Å². The highest BCUT2D eigenvalue weighted by molar-refractivity contribution is 6.30. The van der Waals surface area contributed by atoms with Gasteiger partial charge in [-0.25, -0.2) is 0 Å². The Labute approximate surface area is 216 Å². The molecule has 0 aliphatic carbocycles. The number of benzene rings is 2. The van der Waals surface area contributed by atoms with Crippen LogP contribution >= 0.6 is 11.6 Å². The number of amides is 3. The zero-order chi connectivity index (χ0) is 26.9. The quantitative estimate of drug-likeness (QED) is 0.290. The maximum atomic E-state index is 13.0. The number of alkyl halides is 3. The van der Waals surface area contributed by atoms with Crippen molar-refractivity contribution in [2.75, 3.05) is 26.2 Å². The second kappa shape index (κ2) is 12.6. The van der Waals surface area contributed by atoms with E-state index < -0.39 is 29.5 Å². The fourth-order valence-electron chi connectivity index (χ4n) is 3.75. The molecule has 1 aliphatic rings. The van der Waals surface area contributed by atoms with Gasteiger partial charge in [-0.05, 0) is 74.0 Å². The number of hydrogen-bond acceptors (Lipinski definition) is 5. The Hall–Kier alpha value is -3.57. The van der Waals surface area contributed by atoms with E-state index in [1.165, 1.54) is 18.2 Å². The van der Waals surface area contributed by atoms with Crippen molar-refractivity contribution in [3.05, 3.63) is 70.8 Å². The van der Waals surface area contributed by atoms with E-state index in [2.05, 4.69) is 26.0 Å². The van der Waals surface area contributed by atoms with Gasteiger partial charge in [0.05, 0.1) is 0 Å². The number of hydrogen-bond donors (Lipinski definition) is 4. The first kappa shape index (κ1) is 28.0. The van der Waals surface area contributed by atoms with Gasteiger partial charge in [0.1, 0.15) is 11.3 Å². The second-order valence-electron chi connectivity index (χ2n) is 8.29. The minimum Gasteiger partial charge on any atom is -0.406 e. The van der Waals surface area contributed by atoms with Gasteiger partial charge in [0.2, 0.25) is 11.8 Å². The Morgan fingerprint density at radius 1 is 1.03 bits per heavy atom. The normalized spacial score (nSPS) is 15.1. The van der Waals surface area contributed by atoms with Crippen molar-refractivity contribution in [1.82, 2.24) is 21.3 Å². The number of carbonyl (C=O) groups is 3. The van der Waals surface area contributed by atoms with Gasteiger partial charge in [0.15, 0.2) is 0 Å². The molecule has 2 aromatic carbocycles. The van der Waals surface area contributed by atoms with Gasteiger partial charge in [-0.15, -0.1) is 13.2 Å². The summed E-state index contributed by atoms with van der Waals surface area (Å²) in [7, 11) is 0. The molecule has 2 aromatic rings. The smallest absolute Gasteiger partial charge is 0.406 e. The summed E-state index contributed by atoms with van der Waals surface area (Å²) >= 11 is 5.82. The van der Waals surface area contributed by atoms with E-state index >= 15 is 0 Å². The van der Waals surface area contributed by atoms with E-state index in [1.54, 1.807) is 24.3 Å². The summed E-state index contributed by atoms with van der Waals surface area (Å²) in [5.41, 5.74) is -0.425. The highest BCUT2D eigenvalue weighted by Gasteiger charge is 2.40. The summed E-state index contributed by atoms with van der Waals surface area (Å²) in [5.74, 6) is -1.69. The molecule has 0 spiro atoms. The van der Waals surface area contributed by atoms with Crippen molar-refractivity contribution in [3.8, 4) is 5.75 Å². The van der Waals surface area contributed by atoms with E-state index in [0.717, 1.165) is 18.2 Å². The number of piperidine rings is 1. The summed E-state index contributed by atoms with van der Waals surface area (Å²) in [6.45, 7) is 1.32. The average molecular weight is 539 g/mol. The highest BCUT2D eigenvalue weighted by Crippen LogP contribution is 2.24. The zero-order valence-electron chi connectivity index (χ0n) is 19.7. The molecule has 1 saturated heterocycles. The van der Waals surface area contributed by atoms with Crippen LogP contribution in [0.4, 0.5) is 13.2 Å². The first-order valence-electron chi connectivity index (χ1n) is 11.5. The molecular formula is C25H26ClF3N4O4. The van der Waals surface area contributed by atoms with Crippen molar-refractivity contribution in [3.63, 3.8) is 0 Å². The molecule has 3 rings (SSSR count). The van der Waals surface area contributed by atoms with Crippen LogP contribution in [0.1, 0.15) is 28.8 Å². The van der Waals surface area contributed by atoms with E-state index in [0.29, 0.717) is 42.1 Å². The number of rotatable bonds is 9. The monoisotopic (exact) mass is 538 g/mol. The molecule has 1 aliphatic heterocycles. The molecule has 12 heteroatoms. The summed E-state index contributed by atoms with van der Waals surface area (Å²) in [5, 5.41) is 11.8. The molecule has 0 radical (unpaired) electrons. The van der Waals surface area contributed by atoms with Gasteiger partial charge in [-0.1, -0.05) is 23.7 Å². The van der Waals surface area contributed by atoms with Crippen LogP contribution in [0.25, 0.3) is 6.08 Å². The maximum absolute atomic E-state index is 13.0. The van der Waals surface area contributed by atoms with Crippen LogP contribution < -0.4 is 26.0 Å². The van der Waals surface area contributed by atoms with Crippen molar-refractivity contribution in [2.24, 2.45) is 0 Å². The predicted octanol–water partition coefficient (Wildman–Crippen LogP) is 3.04. The standard InChI is InChI=1S/C25H26ClF3N4O4/c26-19-7-5-18(6-8-19)22(35)31-14-15-32-23(36)24(10-12-30-13-11-24)33-21(34)9-4-17-2-1-3-20(16-17)37-25(27,28)29/h1-9,16,30H,10-15H2,(H,31,35)(H,32,36)(H,33,34)/b9-4+. The Morgan fingerprint density at radius 2 is 1.70 bits per heavy atom. The number of halogens is 4. The van der Waals surface area contributed by atoms with Crippen LogP contribution in [0.2, 0.25) is 5.02 Å². The largest absolute Gasteiger partial charge is 0.573 e. The zero-order valence-corrected chi connectivity index (χ0v) is 20.4. The molecule has 0 saturated carbocycles. The van der Waals surface area contributed by atoms with Crippen LogP contribution in [-0.2, 0) is 9.59 Å². The van der Waals surface area contributed by atoms with E-state index in [1.807, 2.05) is 0 Å². The fraction of sp³-hybridized carbons (Fsp3) is 0.320. The SMILES string of the molecule is O=C(/C=C/c1cccc(OC(F)(F)F)c1)NC1(C(=O)NCCNC(=O)c2ccc(Cl)cc2)CCNCC1. The molecular weight excluding hydrogens is 513 g/mol. The predicted molar refractivity (Wildman–Crippen MR) is 132 cm³/mol. The van der Waals surface area contributed by atoms with Crippen LogP contribution in [0.15, 0.2) is 54.6 Å². The molecule has 4 N–H and O–H groups in total. The van der Waals surface area contributed by atoms with Crippen molar-refractivity contribution < 1.29 is 32.3 Å². The number of ether oxygens (including phenoxy) is 1. The van der Waals surface area contributed by atoms with E-state index in [4.69, 9.17) is 11.6 Å². The van der Waals surface area contributed by atoms with Crippen molar-refractivity contribution in [2.45, 2.75) is 24.7 Å².